The normalized spacial score (nSPS) is 10.2. The van der Waals surface area contributed by atoms with Crippen molar-refractivity contribution in [1.29, 1.82) is 0 Å². The monoisotopic (exact) mass is 214 g/mol. The van der Waals surface area contributed by atoms with Crippen molar-refractivity contribution in [1.82, 2.24) is 9.97 Å². The lowest BCUT2D eigenvalue weighted by atomic mass is 10.4. The smallest absolute Gasteiger partial charge is 0.217 e. The highest BCUT2D eigenvalue weighted by Gasteiger charge is 2.02. The summed E-state index contributed by atoms with van der Waals surface area (Å²) in [6.45, 7) is 4.54. The van der Waals surface area contributed by atoms with Crippen LogP contribution in [0.4, 0.5) is 0 Å². The number of aliphatic hydroxyl groups excluding tert-OH is 1. The summed E-state index contributed by atoms with van der Waals surface area (Å²) >= 11 is 1.42. The third-order valence-electron chi connectivity index (χ3n) is 1.42. The molecule has 1 heterocycles. The Morgan fingerprint density at radius 1 is 1.50 bits per heavy atom. The highest BCUT2D eigenvalue weighted by molar-refractivity contribution is 7.99. The van der Waals surface area contributed by atoms with Crippen molar-refractivity contribution in [3.05, 3.63) is 11.8 Å². The van der Waals surface area contributed by atoms with Gasteiger partial charge in [-0.15, -0.1) is 0 Å². The fraction of sp³-hybridized carbons (Fsp3) is 0.556. The number of nitrogens with zero attached hydrogens (tertiary/aromatic N) is 2. The maximum Gasteiger partial charge on any atom is 0.217 e. The van der Waals surface area contributed by atoms with Gasteiger partial charge in [-0.25, -0.2) is 4.98 Å². The number of hydrogen-bond donors (Lipinski definition) is 1. The molecule has 1 N–H and O–H groups in total. The summed E-state index contributed by atoms with van der Waals surface area (Å²) < 4.78 is 5.28. The lowest BCUT2D eigenvalue weighted by Crippen LogP contribution is -1.99. The molecule has 0 saturated heterocycles. The van der Waals surface area contributed by atoms with Crippen molar-refractivity contribution < 1.29 is 9.84 Å². The van der Waals surface area contributed by atoms with Crippen LogP contribution in [-0.2, 0) is 0 Å². The Morgan fingerprint density at radius 3 is 2.93 bits per heavy atom. The van der Waals surface area contributed by atoms with Gasteiger partial charge in [-0.1, -0.05) is 11.8 Å². The van der Waals surface area contributed by atoms with E-state index in [0.29, 0.717) is 23.4 Å². The van der Waals surface area contributed by atoms with Crippen molar-refractivity contribution in [3.63, 3.8) is 0 Å². The first-order chi connectivity index (χ1) is 6.76. The molecule has 0 atom stereocenters. The van der Waals surface area contributed by atoms with Gasteiger partial charge in [0.25, 0.3) is 0 Å². The maximum atomic E-state index is 8.66. The van der Waals surface area contributed by atoms with Crippen LogP contribution in [0.3, 0.4) is 0 Å². The van der Waals surface area contributed by atoms with Gasteiger partial charge in [-0.3, -0.25) is 0 Å². The van der Waals surface area contributed by atoms with E-state index >= 15 is 0 Å². The number of aryl methyl sites for hydroxylation is 1. The molecule has 1 aromatic heterocycles. The Morgan fingerprint density at radius 2 is 2.29 bits per heavy atom. The Bertz CT molecular complexity index is 294. The van der Waals surface area contributed by atoms with Gasteiger partial charge in [0.15, 0.2) is 5.16 Å². The zero-order chi connectivity index (χ0) is 10.4. The largest absolute Gasteiger partial charge is 0.478 e. The molecule has 1 rings (SSSR count). The molecule has 0 aliphatic rings. The SMILES string of the molecule is CCOc1cc(C)nc(SCCO)n1. The summed E-state index contributed by atoms with van der Waals surface area (Å²) in [7, 11) is 0. The molecule has 0 aliphatic carbocycles. The van der Waals surface area contributed by atoms with Crippen LogP contribution in [-0.4, -0.2) is 34.0 Å². The molecule has 78 valence electrons. The molecule has 0 aromatic carbocycles. The average Bonchev–Trinajstić information content (AvgIpc) is 2.14. The first kappa shape index (κ1) is 11.3. The molecular weight excluding hydrogens is 200 g/mol. The standard InChI is InChI=1S/C9H14N2O2S/c1-3-13-8-6-7(2)10-9(11-8)14-5-4-12/h6,12H,3-5H2,1-2H3. The van der Waals surface area contributed by atoms with Crippen LogP contribution >= 0.6 is 11.8 Å². The summed E-state index contributed by atoms with van der Waals surface area (Å²) in [5.41, 5.74) is 0.879. The van der Waals surface area contributed by atoms with Gasteiger partial charge in [0, 0.05) is 17.5 Å². The van der Waals surface area contributed by atoms with Crippen LogP contribution in [0.2, 0.25) is 0 Å². The molecule has 4 nitrogen and oxygen atoms in total. The number of rotatable bonds is 5. The van der Waals surface area contributed by atoms with E-state index in [1.165, 1.54) is 11.8 Å². The lowest BCUT2D eigenvalue weighted by molar-refractivity contribution is 0.320. The summed E-state index contributed by atoms with van der Waals surface area (Å²) in [6.07, 6.45) is 0. The van der Waals surface area contributed by atoms with E-state index in [2.05, 4.69) is 9.97 Å². The van der Waals surface area contributed by atoms with Crippen molar-refractivity contribution in [2.24, 2.45) is 0 Å². The van der Waals surface area contributed by atoms with E-state index in [9.17, 15) is 0 Å². The molecule has 1 aromatic rings. The summed E-state index contributed by atoms with van der Waals surface area (Å²) in [4.78, 5) is 8.39. The Labute approximate surface area is 87.7 Å². The first-order valence-electron chi connectivity index (χ1n) is 4.48. The molecule has 0 unspecified atom stereocenters. The van der Waals surface area contributed by atoms with Gasteiger partial charge < -0.3 is 9.84 Å². The fourth-order valence-electron chi connectivity index (χ4n) is 0.937. The minimum Gasteiger partial charge on any atom is -0.478 e. The van der Waals surface area contributed by atoms with Gasteiger partial charge in [-0.2, -0.15) is 4.98 Å². The Kier molecular flexibility index (Phi) is 4.69. The van der Waals surface area contributed by atoms with E-state index in [4.69, 9.17) is 9.84 Å². The molecule has 5 heteroatoms. The number of aromatic nitrogens is 2. The molecule has 0 spiro atoms. The molecule has 0 bridgehead atoms. The summed E-state index contributed by atoms with van der Waals surface area (Å²) in [6, 6.07) is 1.80. The van der Waals surface area contributed by atoms with Crippen molar-refractivity contribution in [2.75, 3.05) is 19.0 Å². The summed E-state index contributed by atoms with van der Waals surface area (Å²) in [5, 5.41) is 9.32. The molecular formula is C9H14N2O2S. The van der Waals surface area contributed by atoms with Gasteiger partial charge in [0.05, 0.1) is 13.2 Å². The Hall–Kier alpha value is -0.810. The van der Waals surface area contributed by atoms with Gasteiger partial charge >= 0.3 is 0 Å². The van der Waals surface area contributed by atoms with Crippen LogP contribution < -0.4 is 4.74 Å². The number of aliphatic hydroxyl groups is 1. The Balaban J connectivity index is 2.73. The van der Waals surface area contributed by atoms with Crippen LogP contribution in [0.25, 0.3) is 0 Å². The predicted molar refractivity (Wildman–Crippen MR) is 55.7 cm³/mol. The van der Waals surface area contributed by atoms with E-state index in [1.54, 1.807) is 6.07 Å². The van der Waals surface area contributed by atoms with Crippen molar-refractivity contribution >= 4 is 11.8 Å². The molecule has 14 heavy (non-hydrogen) atoms. The average molecular weight is 214 g/mol. The minimum atomic E-state index is 0.131. The molecule has 0 saturated carbocycles. The van der Waals surface area contributed by atoms with Crippen molar-refractivity contribution in [3.8, 4) is 5.88 Å². The van der Waals surface area contributed by atoms with Crippen molar-refractivity contribution in [2.45, 2.75) is 19.0 Å². The second-order valence-electron chi connectivity index (χ2n) is 2.64. The highest BCUT2D eigenvalue weighted by atomic mass is 32.2. The molecule has 0 fully saturated rings. The summed E-state index contributed by atoms with van der Waals surface area (Å²) in [5.74, 6) is 1.20. The van der Waals surface area contributed by atoms with Gasteiger partial charge in [0.1, 0.15) is 0 Å². The topological polar surface area (TPSA) is 55.2 Å². The zero-order valence-corrected chi connectivity index (χ0v) is 9.17. The van der Waals surface area contributed by atoms with Crippen LogP contribution in [0, 0.1) is 6.92 Å². The number of ether oxygens (including phenoxy) is 1. The quantitative estimate of drug-likeness (QED) is 0.591. The van der Waals surface area contributed by atoms with Gasteiger partial charge in [-0.05, 0) is 13.8 Å². The molecule has 0 aliphatic heterocycles. The zero-order valence-electron chi connectivity index (χ0n) is 8.36. The third kappa shape index (κ3) is 3.51. The van der Waals surface area contributed by atoms with Gasteiger partial charge in [0.2, 0.25) is 5.88 Å². The second-order valence-corrected chi connectivity index (χ2v) is 3.70. The van der Waals surface area contributed by atoms with E-state index in [-0.39, 0.29) is 6.61 Å². The number of hydrogen-bond acceptors (Lipinski definition) is 5. The van der Waals surface area contributed by atoms with E-state index < -0.39 is 0 Å². The second kappa shape index (κ2) is 5.82. The van der Waals surface area contributed by atoms with Crippen LogP contribution in [0.15, 0.2) is 11.2 Å². The van der Waals surface area contributed by atoms with E-state index in [1.807, 2.05) is 13.8 Å². The van der Waals surface area contributed by atoms with Crippen LogP contribution in [0.5, 0.6) is 5.88 Å². The molecule has 0 radical (unpaired) electrons. The third-order valence-corrected chi connectivity index (χ3v) is 2.25. The fourth-order valence-corrected chi connectivity index (χ4v) is 1.57. The minimum absolute atomic E-state index is 0.131. The van der Waals surface area contributed by atoms with Crippen LogP contribution in [0.1, 0.15) is 12.6 Å². The predicted octanol–water partition coefficient (Wildman–Crippen LogP) is 1.27. The molecule has 0 amide bonds. The van der Waals surface area contributed by atoms with E-state index in [0.717, 1.165) is 5.69 Å². The lowest BCUT2D eigenvalue weighted by Gasteiger charge is -2.04. The first-order valence-corrected chi connectivity index (χ1v) is 5.47. The highest BCUT2D eigenvalue weighted by Crippen LogP contribution is 2.17. The number of thioether (sulfide) groups is 1. The maximum absolute atomic E-state index is 8.66.